The fourth-order valence-electron chi connectivity index (χ4n) is 2.29. The predicted octanol–water partition coefficient (Wildman–Crippen LogP) is 0.0904. The SMILES string of the molecule is C#CCNC(=O)/C(C#N)=c1\sc(=Cc2cccc([N+](=O)[O-])c2)c(=O)n1CC. The molecule has 8 nitrogen and oxygen atoms in total. The quantitative estimate of drug-likeness (QED) is 0.447. The van der Waals surface area contributed by atoms with Crippen LogP contribution in [0.1, 0.15) is 12.5 Å². The number of carbonyl (C=O) groups excluding carboxylic acids is 1. The van der Waals surface area contributed by atoms with Gasteiger partial charge in [-0.3, -0.25) is 24.3 Å². The predicted molar refractivity (Wildman–Crippen MR) is 101 cm³/mol. The first-order valence-electron chi connectivity index (χ1n) is 7.74. The summed E-state index contributed by atoms with van der Waals surface area (Å²) in [7, 11) is 0. The lowest BCUT2D eigenvalue weighted by Gasteiger charge is -2.00. The number of carbonyl (C=O) groups is 1. The number of terminal acetylenes is 1. The van der Waals surface area contributed by atoms with E-state index in [2.05, 4.69) is 11.2 Å². The van der Waals surface area contributed by atoms with Crippen molar-refractivity contribution in [1.29, 1.82) is 5.26 Å². The first-order chi connectivity index (χ1) is 12.9. The number of hydrogen-bond donors (Lipinski definition) is 1. The van der Waals surface area contributed by atoms with Gasteiger partial charge < -0.3 is 5.32 Å². The maximum atomic E-state index is 12.6. The Balaban J connectivity index is 2.71. The van der Waals surface area contributed by atoms with Gasteiger partial charge in [-0.25, -0.2) is 0 Å². The lowest BCUT2D eigenvalue weighted by atomic mass is 10.2. The Morgan fingerprint density at radius 1 is 1.52 bits per heavy atom. The van der Waals surface area contributed by atoms with E-state index in [1.165, 1.54) is 28.8 Å². The van der Waals surface area contributed by atoms with Crippen molar-refractivity contribution in [3.8, 4) is 18.4 Å². The zero-order valence-corrected chi connectivity index (χ0v) is 15.1. The van der Waals surface area contributed by atoms with Crippen molar-refractivity contribution in [3.63, 3.8) is 0 Å². The second-order valence-corrected chi connectivity index (χ2v) is 6.22. The molecule has 1 heterocycles. The lowest BCUT2D eigenvalue weighted by molar-refractivity contribution is -0.384. The van der Waals surface area contributed by atoms with Crippen LogP contribution in [0.3, 0.4) is 0 Å². The van der Waals surface area contributed by atoms with Crippen LogP contribution in [0.5, 0.6) is 0 Å². The third-order valence-electron chi connectivity index (χ3n) is 3.51. The van der Waals surface area contributed by atoms with Crippen molar-refractivity contribution in [2.75, 3.05) is 6.54 Å². The molecule has 2 rings (SSSR count). The number of thiazole rings is 1. The van der Waals surface area contributed by atoms with Gasteiger partial charge in [0.15, 0.2) is 5.57 Å². The van der Waals surface area contributed by atoms with Crippen molar-refractivity contribution >= 4 is 34.6 Å². The summed E-state index contributed by atoms with van der Waals surface area (Å²) in [6.07, 6.45) is 6.59. The van der Waals surface area contributed by atoms with E-state index in [1.807, 2.05) is 6.07 Å². The number of nitrogens with zero attached hydrogens (tertiary/aromatic N) is 3. The van der Waals surface area contributed by atoms with Crippen LogP contribution in [0.25, 0.3) is 11.6 Å². The summed E-state index contributed by atoms with van der Waals surface area (Å²) in [5.41, 5.74) is -0.240. The summed E-state index contributed by atoms with van der Waals surface area (Å²) in [6, 6.07) is 7.63. The molecule has 136 valence electrons. The Hall–Kier alpha value is -3.69. The smallest absolute Gasteiger partial charge is 0.270 e. The Kier molecular flexibility index (Phi) is 6.26. The molecule has 0 unspecified atom stereocenters. The summed E-state index contributed by atoms with van der Waals surface area (Å²) < 4.78 is 1.77. The fraction of sp³-hybridized carbons (Fsp3) is 0.167. The van der Waals surface area contributed by atoms with Gasteiger partial charge in [-0.2, -0.15) is 5.26 Å². The van der Waals surface area contributed by atoms with Crippen LogP contribution in [0, 0.1) is 33.8 Å². The molecule has 9 heteroatoms. The van der Waals surface area contributed by atoms with Crippen LogP contribution in [0.15, 0.2) is 29.1 Å². The van der Waals surface area contributed by atoms with E-state index < -0.39 is 10.8 Å². The molecule has 0 fully saturated rings. The van der Waals surface area contributed by atoms with Crippen molar-refractivity contribution in [1.82, 2.24) is 9.88 Å². The molecule has 0 aliphatic heterocycles. The molecule has 0 saturated heterocycles. The zero-order valence-electron chi connectivity index (χ0n) is 14.3. The minimum atomic E-state index is -0.666. The molecule has 0 aliphatic rings. The number of non-ortho nitro benzene ring substituents is 1. The normalized spacial score (nSPS) is 12.0. The van der Waals surface area contributed by atoms with Crippen LogP contribution >= 0.6 is 11.3 Å². The number of benzene rings is 1. The van der Waals surface area contributed by atoms with E-state index in [4.69, 9.17) is 6.42 Å². The highest BCUT2D eigenvalue weighted by Crippen LogP contribution is 2.13. The van der Waals surface area contributed by atoms with E-state index in [0.29, 0.717) is 5.56 Å². The number of nitro groups is 1. The van der Waals surface area contributed by atoms with Crippen LogP contribution < -0.4 is 20.1 Å². The van der Waals surface area contributed by atoms with Gasteiger partial charge in [0.05, 0.1) is 16.0 Å². The third kappa shape index (κ3) is 4.29. The van der Waals surface area contributed by atoms with Gasteiger partial charge in [0.2, 0.25) is 0 Å². The lowest BCUT2D eigenvalue weighted by Crippen LogP contribution is -2.34. The highest BCUT2D eigenvalue weighted by Gasteiger charge is 2.15. The molecule has 0 spiro atoms. The highest BCUT2D eigenvalue weighted by atomic mass is 32.1. The maximum Gasteiger partial charge on any atom is 0.270 e. The molecular weight excluding hydrogens is 368 g/mol. The van der Waals surface area contributed by atoms with E-state index in [-0.39, 0.29) is 39.1 Å². The molecule has 0 aliphatic carbocycles. The van der Waals surface area contributed by atoms with Crippen molar-refractivity contribution in [2.45, 2.75) is 13.5 Å². The van der Waals surface area contributed by atoms with Crippen molar-refractivity contribution in [2.24, 2.45) is 0 Å². The first-order valence-corrected chi connectivity index (χ1v) is 8.56. The van der Waals surface area contributed by atoms with Gasteiger partial charge in [-0.1, -0.05) is 18.1 Å². The largest absolute Gasteiger partial charge is 0.340 e. The highest BCUT2D eigenvalue weighted by molar-refractivity contribution is 7.07. The summed E-state index contributed by atoms with van der Waals surface area (Å²) in [5.74, 6) is 1.57. The third-order valence-corrected chi connectivity index (χ3v) is 4.64. The minimum absolute atomic E-state index is 0.0432. The Morgan fingerprint density at radius 3 is 2.85 bits per heavy atom. The topological polar surface area (TPSA) is 118 Å². The van der Waals surface area contributed by atoms with E-state index in [1.54, 1.807) is 13.0 Å². The van der Waals surface area contributed by atoms with Crippen molar-refractivity contribution in [3.05, 3.63) is 59.5 Å². The van der Waals surface area contributed by atoms with Crippen LogP contribution in [-0.2, 0) is 11.3 Å². The zero-order chi connectivity index (χ0) is 20.0. The van der Waals surface area contributed by atoms with E-state index in [0.717, 1.165) is 11.3 Å². The fourth-order valence-corrected chi connectivity index (χ4v) is 3.45. The second kappa shape index (κ2) is 8.61. The molecule has 27 heavy (non-hydrogen) atoms. The summed E-state index contributed by atoms with van der Waals surface area (Å²) >= 11 is 0.967. The standard InChI is InChI=1S/C18H14N4O4S/c1-3-8-20-16(23)14(11-19)18-21(4-2)17(24)15(27-18)10-12-6-5-7-13(9-12)22(25)26/h1,5-7,9-10H,4,8H2,2H3,(H,20,23)/b15-10?,18-14-. The second-order valence-electron chi connectivity index (χ2n) is 5.19. The molecule has 1 amide bonds. The van der Waals surface area contributed by atoms with Gasteiger partial charge >= 0.3 is 0 Å². The average molecular weight is 382 g/mol. The number of nitrogens with one attached hydrogen (secondary N) is 1. The average Bonchev–Trinajstić information content (AvgIpc) is 2.96. The number of aromatic nitrogens is 1. The van der Waals surface area contributed by atoms with Crippen LogP contribution in [-0.4, -0.2) is 21.9 Å². The van der Waals surface area contributed by atoms with Gasteiger partial charge in [0.25, 0.3) is 17.2 Å². The van der Waals surface area contributed by atoms with E-state index in [9.17, 15) is 25.0 Å². The molecular formula is C18H14N4O4S. The van der Waals surface area contributed by atoms with Gasteiger partial charge in [0, 0.05) is 18.7 Å². The molecule has 0 atom stereocenters. The molecule has 1 aromatic carbocycles. The number of amides is 1. The van der Waals surface area contributed by atoms with Gasteiger partial charge in [-0.15, -0.1) is 17.8 Å². The number of rotatable bonds is 5. The molecule has 0 saturated carbocycles. The van der Waals surface area contributed by atoms with Gasteiger partial charge in [-0.05, 0) is 18.6 Å². The minimum Gasteiger partial charge on any atom is -0.340 e. The Morgan fingerprint density at radius 2 is 2.26 bits per heavy atom. The summed E-state index contributed by atoms with van der Waals surface area (Å²) in [4.78, 5) is 35.1. The molecule has 0 bridgehead atoms. The molecule has 1 N–H and O–H groups in total. The summed E-state index contributed by atoms with van der Waals surface area (Å²) in [5, 5.41) is 22.7. The van der Waals surface area contributed by atoms with Crippen LogP contribution in [0.2, 0.25) is 0 Å². The Labute approximate surface area is 157 Å². The number of hydrogen-bond acceptors (Lipinski definition) is 6. The monoisotopic (exact) mass is 382 g/mol. The van der Waals surface area contributed by atoms with Crippen molar-refractivity contribution < 1.29 is 9.72 Å². The number of nitro benzene ring substituents is 1. The maximum absolute atomic E-state index is 12.6. The number of nitriles is 1. The first kappa shape index (κ1) is 19.6. The summed E-state index contributed by atoms with van der Waals surface area (Å²) in [6.45, 7) is 1.92. The van der Waals surface area contributed by atoms with E-state index >= 15 is 0 Å². The molecule has 0 radical (unpaired) electrons. The van der Waals surface area contributed by atoms with Gasteiger partial charge in [0.1, 0.15) is 10.7 Å². The molecule has 2 aromatic rings. The molecule has 1 aromatic heterocycles. The Bertz CT molecular complexity index is 1160. The van der Waals surface area contributed by atoms with Crippen LogP contribution in [0.4, 0.5) is 5.69 Å².